The molecule has 0 saturated heterocycles. The Morgan fingerprint density at radius 2 is 1.92 bits per heavy atom. The number of Topliss-reactive ketones (excluding diaryl/α,β-unsaturated/α-hetero) is 1. The van der Waals surface area contributed by atoms with E-state index < -0.39 is 11.1 Å². The molecule has 4 N–H and O–H groups in total. The van der Waals surface area contributed by atoms with Gasteiger partial charge >= 0.3 is 0 Å². The fourth-order valence-corrected chi connectivity index (χ4v) is 0.934. The molecule has 0 heterocycles. The summed E-state index contributed by atoms with van der Waals surface area (Å²) in [6, 6.07) is 0. The Morgan fingerprint density at radius 3 is 2.00 bits per heavy atom. The van der Waals surface area contributed by atoms with Crippen molar-refractivity contribution in [1.82, 2.24) is 5.32 Å². The van der Waals surface area contributed by atoms with E-state index in [1.807, 2.05) is 0 Å². The van der Waals surface area contributed by atoms with E-state index in [1.54, 1.807) is 27.8 Å². The predicted molar refractivity (Wildman–Crippen MR) is 47.5 cm³/mol. The third kappa shape index (κ3) is 2.27. The van der Waals surface area contributed by atoms with Crippen LogP contribution in [0.15, 0.2) is 0 Å². The van der Waals surface area contributed by atoms with Crippen molar-refractivity contribution in [2.24, 2.45) is 11.1 Å². The minimum atomic E-state index is -1.31. The second-order valence-electron chi connectivity index (χ2n) is 3.96. The average Bonchev–Trinajstić information content (AvgIpc) is 2.00. The van der Waals surface area contributed by atoms with Crippen molar-refractivity contribution in [2.45, 2.75) is 26.4 Å². The van der Waals surface area contributed by atoms with Gasteiger partial charge in [-0.15, -0.1) is 0 Å². The molecule has 0 spiro atoms. The monoisotopic (exact) mass is 174 g/mol. The van der Waals surface area contributed by atoms with Gasteiger partial charge in [0.2, 0.25) is 0 Å². The zero-order chi connectivity index (χ0) is 9.99. The van der Waals surface area contributed by atoms with Crippen molar-refractivity contribution in [1.29, 1.82) is 0 Å². The maximum absolute atomic E-state index is 11.6. The van der Waals surface area contributed by atoms with Crippen molar-refractivity contribution >= 4 is 5.78 Å². The molecule has 1 atom stereocenters. The number of aliphatic hydroxyl groups excluding tert-OH is 1. The fraction of sp³-hybridized carbons (Fsp3) is 0.875. The molecule has 1 unspecified atom stereocenters. The molecule has 0 aliphatic rings. The third-order valence-electron chi connectivity index (χ3n) is 1.78. The van der Waals surface area contributed by atoms with Gasteiger partial charge in [-0.2, -0.15) is 0 Å². The normalized spacial score (nSPS) is 17.2. The Kier molecular flexibility index (Phi) is 3.38. The highest BCUT2D eigenvalue weighted by atomic mass is 16.3. The van der Waals surface area contributed by atoms with Crippen LogP contribution in [0.25, 0.3) is 0 Å². The summed E-state index contributed by atoms with van der Waals surface area (Å²) in [5, 5.41) is 11.5. The average molecular weight is 174 g/mol. The molecule has 72 valence electrons. The number of aliphatic hydroxyl groups is 1. The van der Waals surface area contributed by atoms with Crippen LogP contribution in [0.4, 0.5) is 0 Å². The van der Waals surface area contributed by atoms with Crippen molar-refractivity contribution in [3.8, 4) is 0 Å². The molecule has 0 fully saturated rings. The summed E-state index contributed by atoms with van der Waals surface area (Å²) in [5.74, 6) is -0.194. The Bertz CT molecular complexity index is 168. The van der Waals surface area contributed by atoms with Gasteiger partial charge in [0.1, 0.15) is 0 Å². The second-order valence-corrected chi connectivity index (χ2v) is 3.96. The first kappa shape index (κ1) is 11.6. The maximum Gasteiger partial charge on any atom is 0.174 e. The molecular weight excluding hydrogens is 156 g/mol. The summed E-state index contributed by atoms with van der Waals surface area (Å²) in [4.78, 5) is 11.6. The van der Waals surface area contributed by atoms with Gasteiger partial charge in [-0.3, -0.25) is 10.1 Å². The number of carbonyl (C=O) groups is 1. The van der Waals surface area contributed by atoms with E-state index in [4.69, 9.17) is 10.8 Å². The molecule has 4 heteroatoms. The Morgan fingerprint density at radius 1 is 1.50 bits per heavy atom. The lowest BCUT2D eigenvalue weighted by molar-refractivity contribution is -0.134. The van der Waals surface area contributed by atoms with Crippen LogP contribution in [0.3, 0.4) is 0 Å². The van der Waals surface area contributed by atoms with Gasteiger partial charge in [0, 0.05) is 5.41 Å². The van der Waals surface area contributed by atoms with Gasteiger partial charge in [-0.25, -0.2) is 0 Å². The first-order valence-electron chi connectivity index (χ1n) is 3.91. The lowest BCUT2D eigenvalue weighted by atomic mass is 9.83. The lowest BCUT2D eigenvalue weighted by Crippen LogP contribution is -2.64. The Balaban J connectivity index is 4.66. The van der Waals surface area contributed by atoms with E-state index in [-0.39, 0.29) is 12.4 Å². The molecule has 0 saturated carbocycles. The van der Waals surface area contributed by atoms with Crippen LogP contribution in [0, 0.1) is 5.41 Å². The van der Waals surface area contributed by atoms with E-state index in [0.717, 1.165) is 0 Å². The molecule has 0 radical (unpaired) electrons. The molecule has 12 heavy (non-hydrogen) atoms. The molecule has 0 aliphatic heterocycles. The number of hydrogen-bond donors (Lipinski definition) is 3. The predicted octanol–water partition coefficient (Wildman–Crippen LogP) is -0.532. The van der Waals surface area contributed by atoms with Crippen LogP contribution in [-0.4, -0.2) is 30.2 Å². The number of nitrogens with one attached hydrogen (secondary N) is 1. The van der Waals surface area contributed by atoms with Gasteiger partial charge in [-0.05, 0) is 7.05 Å². The molecule has 0 aromatic heterocycles. The van der Waals surface area contributed by atoms with Gasteiger partial charge in [0.05, 0.1) is 6.61 Å². The fourth-order valence-electron chi connectivity index (χ4n) is 0.934. The molecule has 0 rings (SSSR count). The van der Waals surface area contributed by atoms with Crippen LogP contribution < -0.4 is 11.1 Å². The van der Waals surface area contributed by atoms with Crippen molar-refractivity contribution in [3.05, 3.63) is 0 Å². The molecule has 4 nitrogen and oxygen atoms in total. The number of nitrogens with two attached hydrogens (primary N) is 1. The van der Waals surface area contributed by atoms with Crippen molar-refractivity contribution in [2.75, 3.05) is 13.7 Å². The van der Waals surface area contributed by atoms with Crippen molar-refractivity contribution < 1.29 is 9.90 Å². The number of hydrogen-bond acceptors (Lipinski definition) is 4. The molecule has 0 bridgehead atoms. The summed E-state index contributed by atoms with van der Waals surface area (Å²) in [6.45, 7) is 4.91. The SMILES string of the molecule is CNC(N)(CO)C(=O)C(C)(C)C. The summed E-state index contributed by atoms with van der Waals surface area (Å²) in [6.07, 6.45) is 0. The largest absolute Gasteiger partial charge is 0.393 e. The third-order valence-corrected chi connectivity index (χ3v) is 1.78. The molecule has 0 amide bonds. The summed E-state index contributed by atoms with van der Waals surface area (Å²) in [7, 11) is 1.56. The topological polar surface area (TPSA) is 75.3 Å². The first-order chi connectivity index (χ1) is 5.28. The standard InChI is InChI=1S/C8H18N2O2/c1-7(2,3)6(12)8(9,5-11)10-4/h10-11H,5,9H2,1-4H3. The van der Waals surface area contributed by atoms with Gasteiger partial charge in [-0.1, -0.05) is 20.8 Å². The highest BCUT2D eigenvalue weighted by Crippen LogP contribution is 2.19. The zero-order valence-corrected chi connectivity index (χ0v) is 8.14. The smallest absolute Gasteiger partial charge is 0.174 e. The van der Waals surface area contributed by atoms with Gasteiger partial charge < -0.3 is 10.8 Å². The summed E-state index contributed by atoms with van der Waals surface area (Å²) in [5.41, 5.74) is 3.77. The Hall–Kier alpha value is -0.450. The van der Waals surface area contributed by atoms with Crippen LogP contribution >= 0.6 is 0 Å². The van der Waals surface area contributed by atoms with Crippen LogP contribution in [0.5, 0.6) is 0 Å². The molecule has 0 aromatic rings. The zero-order valence-electron chi connectivity index (χ0n) is 8.14. The molecule has 0 aliphatic carbocycles. The quantitative estimate of drug-likeness (QED) is 0.503. The van der Waals surface area contributed by atoms with E-state index in [0.29, 0.717) is 0 Å². The Labute approximate surface area is 73.1 Å². The van der Waals surface area contributed by atoms with Crippen LogP contribution in [0.1, 0.15) is 20.8 Å². The first-order valence-corrected chi connectivity index (χ1v) is 3.91. The molecule has 0 aromatic carbocycles. The van der Waals surface area contributed by atoms with Gasteiger partial charge in [0.25, 0.3) is 0 Å². The number of likely N-dealkylation sites (N-methyl/N-ethyl adjacent to an activating group) is 1. The van der Waals surface area contributed by atoms with E-state index >= 15 is 0 Å². The lowest BCUT2D eigenvalue weighted by Gasteiger charge is -2.31. The van der Waals surface area contributed by atoms with Crippen LogP contribution in [0.2, 0.25) is 0 Å². The minimum absolute atomic E-state index is 0.194. The highest BCUT2D eigenvalue weighted by Gasteiger charge is 2.38. The van der Waals surface area contributed by atoms with Crippen molar-refractivity contribution in [3.63, 3.8) is 0 Å². The van der Waals surface area contributed by atoms with E-state index in [2.05, 4.69) is 5.32 Å². The maximum atomic E-state index is 11.6. The highest BCUT2D eigenvalue weighted by molar-refractivity contribution is 5.92. The van der Waals surface area contributed by atoms with Gasteiger partial charge in [0.15, 0.2) is 11.4 Å². The second kappa shape index (κ2) is 3.51. The number of ketones is 1. The molecular formula is C8H18N2O2. The summed E-state index contributed by atoms with van der Waals surface area (Å²) < 4.78 is 0. The number of carbonyl (C=O) groups excluding carboxylic acids is 1. The van der Waals surface area contributed by atoms with E-state index in [1.165, 1.54) is 0 Å². The van der Waals surface area contributed by atoms with E-state index in [9.17, 15) is 4.79 Å². The summed E-state index contributed by atoms with van der Waals surface area (Å²) >= 11 is 0. The minimum Gasteiger partial charge on any atom is -0.393 e. The number of rotatable bonds is 3. The van der Waals surface area contributed by atoms with Crippen LogP contribution in [-0.2, 0) is 4.79 Å².